The Hall–Kier alpha value is -2.87. The minimum Gasteiger partial charge on any atom is -0.379 e. The Kier molecular flexibility index (Phi) is 6.12. The molecule has 0 unspecified atom stereocenters. The lowest BCUT2D eigenvalue weighted by Gasteiger charge is -2.26. The molecule has 1 aliphatic rings. The van der Waals surface area contributed by atoms with Gasteiger partial charge in [-0.05, 0) is 23.3 Å². The van der Waals surface area contributed by atoms with Crippen molar-refractivity contribution >= 4 is 27.4 Å². The van der Waals surface area contributed by atoms with Crippen molar-refractivity contribution in [2.75, 3.05) is 38.3 Å². The molecule has 0 bridgehead atoms. The van der Waals surface area contributed by atoms with Gasteiger partial charge >= 0.3 is 0 Å². The van der Waals surface area contributed by atoms with E-state index in [9.17, 15) is 4.39 Å². The van der Waals surface area contributed by atoms with Crippen molar-refractivity contribution in [2.45, 2.75) is 13.1 Å². The Morgan fingerprint density at radius 1 is 1.06 bits per heavy atom. The van der Waals surface area contributed by atoms with Crippen LogP contribution in [0, 0.1) is 5.82 Å². The van der Waals surface area contributed by atoms with Crippen molar-refractivity contribution in [1.29, 1.82) is 0 Å². The molecular weight excluding hydrogens is 423 g/mol. The van der Waals surface area contributed by atoms with Gasteiger partial charge in [0.05, 0.1) is 25.1 Å². The van der Waals surface area contributed by atoms with Gasteiger partial charge < -0.3 is 9.64 Å². The van der Waals surface area contributed by atoms with Crippen LogP contribution in [0.5, 0.6) is 0 Å². The molecule has 5 rings (SSSR count). The van der Waals surface area contributed by atoms with E-state index in [4.69, 9.17) is 14.7 Å². The molecule has 0 saturated carbocycles. The second-order valence-electron chi connectivity index (χ2n) is 8.03. The summed E-state index contributed by atoms with van der Waals surface area (Å²) >= 11 is 1.64. The van der Waals surface area contributed by atoms with Gasteiger partial charge in [-0.15, -0.1) is 11.3 Å². The van der Waals surface area contributed by atoms with E-state index in [0.29, 0.717) is 13.1 Å². The van der Waals surface area contributed by atoms with E-state index < -0.39 is 0 Å². The average molecular weight is 449 g/mol. The fourth-order valence-electron chi connectivity index (χ4n) is 4.09. The van der Waals surface area contributed by atoms with Crippen molar-refractivity contribution in [1.82, 2.24) is 14.9 Å². The van der Waals surface area contributed by atoms with Crippen molar-refractivity contribution in [3.05, 3.63) is 77.2 Å². The van der Waals surface area contributed by atoms with E-state index in [1.807, 2.05) is 31.3 Å². The van der Waals surface area contributed by atoms with E-state index in [-0.39, 0.29) is 5.82 Å². The summed E-state index contributed by atoms with van der Waals surface area (Å²) in [5.41, 5.74) is 3.18. The second kappa shape index (κ2) is 9.32. The number of thiophene rings is 1. The summed E-state index contributed by atoms with van der Waals surface area (Å²) in [6.45, 7) is 4.51. The van der Waals surface area contributed by atoms with Crippen LogP contribution in [0.2, 0.25) is 0 Å². The molecule has 0 spiro atoms. The third-order valence-corrected chi connectivity index (χ3v) is 6.56. The number of aromatic nitrogens is 2. The third-order valence-electron chi connectivity index (χ3n) is 5.68. The first-order valence-electron chi connectivity index (χ1n) is 10.8. The first kappa shape index (κ1) is 21.0. The van der Waals surface area contributed by atoms with E-state index in [1.54, 1.807) is 23.5 Å². The number of morpholine rings is 1. The van der Waals surface area contributed by atoms with E-state index in [2.05, 4.69) is 27.3 Å². The van der Waals surface area contributed by atoms with Gasteiger partial charge in [-0.3, -0.25) is 4.90 Å². The standard InChI is InChI=1S/C25H25FN4OS/c1-29(15-18-6-5-9-20(26)14-18)24-23-21(19-7-3-2-4-8-19)17-32-25(23)28-22(27-24)16-30-10-12-31-13-11-30/h2-9,14,17H,10-13,15-16H2,1H3. The fraction of sp³-hybridized carbons (Fsp3) is 0.280. The van der Waals surface area contributed by atoms with Crippen LogP contribution < -0.4 is 4.90 Å². The maximum atomic E-state index is 13.8. The van der Waals surface area contributed by atoms with Gasteiger partial charge in [0.15, 0.2) is 0 Å². The largest absolute Gasteiger partial charge is 0.379 e. The lowest BCUT2D eigenvalue weighted by atomic mass is 10.1. The molecule has 1 fully saturated rings. The van der Waals surface area contributed by atoms with Crippen molar-refractivity contribution in [3.63, 3.8) is 0 Å². The zero-order valence-electron chi connectivity index (χ0n) is 18.0. The molecule has 0 atom stereocenters. The highest BCUT2D eigenvalue weighted by molar-refractivity contribution is 7.17. The zero-order chi connectivity index (χ0) is 21.9. The number of nitrogens with zero attached hydrogens (tertiary/aromatic N) is 4. The lowest BCUT2D eigenvalue weighted by Crippen LogP contribution is -2.36. The molecule has 0 N–H and O–H groups in total. The van der Waals surface area contributed by atoms with Gasteiger partial charge in [0.25, 0.3) is 0 Å². The van der Waals surface area contributed by atoms with Crippen LogP contribution in [0.4, 0.5) is 10.2 Å². The summed E-state index contributed by atoms with van der Waals surface area (Å²) in [6.07, 6.45) is 0. The molecule has 0 radical (unpaired) electrons. The van der Waals surface area contributed by atoms with Crippen molar-refractivity contribution in [2.24, 2.45) is 0 Å². The maximum absolute atomic E-state index is 13.8. The molecule has 1 aliphatic heterocycles. The zero-order valence-corrected chi connectivity index (χ0v) is 18.8. The van der Waals surface area contributed by atoms with Crippen molar-refractivity contribution in [3.8, 4) is 11.1 Å². The molecule has 5 nitrogen and oxygen atoms in total. The number of ether oxygens (including phenoxy) is 1. The van der Waals surface area contributed by atoms with E-state index in [0.717, 1.165) is 64.9 Å². The van der Waals surface area contributed by atoms with Crippen LogP contribution in [0.25, 0.3) is 21.3 Å². The van der Waals surface area contributed by atoms with Crippen LogP contribution in [-0.2, 0) is 17.8 Å². The predicted molar refractivity (Wildman–Crippen MR) is 127 cm³/mol. The highest BCUT2D eigenvalue weighted by Crippen LogP contribution is 2.38. The predicted octanol–water partition coefficient (Wildman–Crippen LogP) is 4.97. The number of rotatable bonds is 6. The molecule has 7 heteroatoms. The molecule has 2 aromatic carbocycles. The third kappa shape index (κ3) is 4.50. The molecule has 32 heavy (non-hydrogen) atoms. The van der Waals surface area contributed by atoms with Crippen LogP contribution in [0.3, 0.4) is 0 Å². The van der Waals surface area contributed by atoms with E-state index in [1.165, 1.54) is 6.07 Å². The van der Waals surface area contributed by atoms with Gasteiger partial charge in [-0.1, -0.05) is 42.5 Å². The quantitative estimate of drug-likeness (QED) is 0.417. The average Bonchev–Trinajstić information content (AvgIpc) is 3.24. The molecule has 1 saturated heterocycles. The Morgan fingerprint density at radius 2 is 1.88 bits per heavy atom. The molecular formula is C25H25FN4OS. The van der Waals surface area contributed by atoms with Crippen LogP contribution in [0.15, 0.2) is 60.0 Å². The van der Waals surface area contributed by atoms with Crippen molar-refractivity contribution < 1.29 is 9.13 Å². The number of hydrogen-bond donors (Lipinski definition) is 0. The number of fused-ring (bicyclic) bond motifs is 1. The first-order valence-corrected chi connectivity index (χ1v) is 11.6. The van der Waals surface area contributed by atoms with Crippen LogP contribution >= 0.6 is 11.3 Å². The lowest BCUT2D eigenvalue weighted by molar-refractivity contribution is 0.0331. The number of anilines is 1. The summed E-state index contributed by atoms with van der Waals surface area (Å²) in [5.74, 6) is 1.46. The normalized spacial score (nSPS) is 14.7. The Balaban J connectivity index is 1.56. The van der Waals surface area contributed by atoms with Crippen LogP contribution in [-0.4, -0.2) is 48.2 Å². The molecule has 164 valence electrons. The van der Waals surface area contributed by atoms with Gasteiger partial charge in [0.1, 0.15) is 22.3 Å². The fourth-order valence-corrected chi connectivity index (χ4v) is 5.05. The molecule has 0 amide bonds. The van der Waals surface area contributed by atoms with E-state index >= 15 is 0 Å². The van der Waals surface area contributed by atoms with Gasteiger partial charge in [-0.25, -0.2) is 14.4 Å². The topological polar surface area (TPSA) is 41.5 Å². The Labute approximate surface area is 191 Å². The number of benzene rings is 2. The second-order valence-corrected chi connectivity index (χ2v) is 8.89. The monoisotopic (exact) mass is 448 g/mol. The SMILES string of the molecule is CN(Cc1cccc(F)c1)c1nc(CN2CCOCC2)nc2scc(-c3ccccc3)c12. The summed E-state index contributed by atoms with van der Waals surface area (Å²) in [7, 11) is 2.01. The van der Waals surface area contributed by atoms with Gasteiger partial charge in [0, 0.05) is 37.6 Å². The summed E-state index contributed by atoms with van der Waals surface area (Å²) in [6, 6.07) is 17.1. The summed E-state index contributed by atoms with van der Waals surface area (Å²) in [4.78, 5) is 15.3. The molecule has 2 aromatic heterocycles. The van der Waals surface area contributed by atoms with Gasteiger partial charge in [-0.2, -0.15) is 0 Å². The van der Waals surface area contributed by atoms with Gasteiger partial charge in [0.2, 0.25) is 0 Å². The smallest absolute Gasteiger partial charge is 0.146 e. The Morgan fingerprint density at radius 3 is 2.66 bits per heavy atom. The highest BCUT2D eigenvalue weighted by Gasteiger charge is 2.20. The molecule has 4 aromatic rings. The molecule has 3 heterocycles. The first-order chi connectivity index (χ1) is 15.7. The number of hydrogen-bond acceptors (Lipinski definition) is 6. The Bertz CT molecular complexity index is 1210. The van der Waals surface area contributed by atoms with Crippen LogP contribution in [0.1, 0.15) is 11.4 Å². The molecule has 0 aliphatic carbocycles. The highest BCUT2D eigenvalue weighted by atomic mass is 32.1. The number of halogens is 1. The maximum Gasteiger partial charge on any atom is 0.146 e. The minimum atomic E-state index is -0.225. The minimum absolute atomic E-state index is 0.225. The summed E-state index contributed by atoms with van der Waals surface area (Å²) < 4.78 is 19.3. The summed E-state index contributed by atoms with van der Waals surface area (Å²) in [5, 5.41) is 3.21.